The number of amides is 1. The number of anilines is 1. The second kappa shape index (κ2) is 8.65. The van der Waals surface area contributed by atoms with Crippen molar-refractivity contribution >= 4 is 11.7 Å². The molecule has 25 heavy (non-hydrogen) atoms. The highest BCUT2D eigenvalue weighted by molar-refractivity contribution is 5.79. The lowest BCUT2D eigenvalue weighted by atomic mass is 9.91. The number of hydrogen-bond donors (Lipinski definition) is 0. The van der Waals surface area contributed by atoms with E-state index in [1.165, 1.54) is 6.42 Å². The molecular formula is C20H32N4O. The van der Waals surface area contributed by atoms with Crippen LogP contribution < -0.4 is 4.90 Å². The molecule has 2 aliphatic heterocycles. The van der Waals surface area contributed by atoms with E-state index >= 15 is 0 Å². The molecule has 5 heteroatoms. The number of piperidine rings is 2. The number of nitrogens with zero attached hydrogens (tertiary/aromatic N) is 4. The van der Waals surface area contributed by atoms with Crippen molar-refractivity contribution < 1.29 is 4.79 Å². The Hall–Kier alpha value is -1.62. The number of hydrogen-bond acceptors (Lipinski definition) is 4. The number of likely N-dealkylation sites (tertiary alicyclic amines) is 1. The molecule has 3 rings (SSSR count). The van der Waals surface area contributed by atoms with Gasteiger partial charge in [-0.1, -0.05) is 6.07 Å². The van der Waals surface area contributed by atoms with Crippen molar-refractivity contribution in [3.8, 4) is 0 Å². The highest BCUT2D eigenvalue weighted by Gasteiger charge is 2.31. The monoisotopic (exact) mass is 344 g/mol. The number of carbonyl (C=O) groups excluding carboxylic acids is 1. The summed E-state index contributed by atoms with van der Waals surface area (Å²) in [7, 11) is 4.27. The Labute approximate surface area is 152 Å². The van der Waals surface area contributed by atoms with Crippen LogP contribution in [0.4, 0.5) is 5.82 Å². The van der Waals surface area contributed by atoms with Crippen molar-refractivity contribution in [2.75, 3.05) is 51.7 Å². The Morgan fingerprint density at radius 1 is 1.20 bits per heavy atom. The maximum atomic E-state index is 13.0. The molecule has 2 saturated heterocycles. The second-order valence-corrected chi connectivity index (χ2v) is 7.83. The highest BCUT2D eigenvalue weighted by atomic mass is 16.2. The number of carbonyl (C=O) groups is 1. The lowest BCUT2D eigenvalue weighted by Gasteiger charge is -2.38. The second-order valence-electron chi connectivity index (χ2n) is 7.83. The molecule has 0 spiro atoms. The van der Waals surface area contributed by atoms with E-state index in [0.717, 1.165) is 70.1 Å². The zero-order chi connectivity index (χ0) is 17.6. The Morgan fingerprint density at radius 3 is 2.68 bits per heavy atom. The van der Waals surface area contributed by atoms with Crippen molar-refractivity contribution in [3.63, 3.8) is 0 Å². The Morgan fingerprint density at radius 2 is 2.00 bits per heavy atom. The third-order valence-corrected chi connectivity index (χ3v) is 5.65. The summed E-state index contributed by atoms with van der Waals surface area (Å²) >= 11 is 0. The van der Waals surface area contributed by atoms with E-state index in [9.17, 15) is 4.79 Å². The van der Waals surface area contributed by atoms with Gasteiger partial charge in [-0.25, -0.2) is 4.98 Å². The molecule has 2 aliphatic rings. The maximum absolute atomic E-state index is 13.0. The van der Waals surface area contributed by atoms with Crippen LogP contribution in [-0.2, 0) is 4.79 Å². The van der Waals surface area contributed by atoms with Gasteiger partial charge >= 0.3 is 0 Å². The lowest BCUT2D eigenvalue weighted by molar-refractivity contribution is -0.137. The van der Waals surface area contributed by atoms with Gasteiger partial charge in [0.2, 0.25) is 5.91 Å². The molecule has 0 bridgehead atoms. The Kier molecular flexibility index (Phi) is 6.29. The van der Waals surface area contributed by atoms with Crippen molar-refractivity contribution in [2.45, 2.75) is 32.1 Å². The first-order chi connectivity index (χ1) is 12.1. The van der Waals surface area contributed by atoms with E-state index in [4.69, 9.17) is 0 Å². The fourth-order valence-corrected chi connectivity index (χ4v) is 4.07. The van der Waals surface area contributed by atoms with Crippen LogP contribution in [0.5, 0.6) is 0 Å². The number of aromatic nitrogens is 1. The minimum absolute atomic E-state index is 0.133. The normalized spacial score (nSPS) is 22.4. The number of rotatable bonds is 5. The van der Waals surface area contributed by atoms with Gasteiger partial charge in [0.1, 0.15) is 5.82 Å². The van der Waals surface area contributed by atoms with E-state index in [2.05, 4.69) is 33.8 Å². The van der Waals surface area contributed by atoms with Gasteiger partial charge in [-0.2, -0.15) is 0 Å². The summed E-state index contributed by atoms with van der Waals surface area (Å²) in [4.78, 5) is 24.1. The molecule has 138 valence electrons. The topological polar surface area (TPSA) is 39.7 Å². The van der Waals surface area contributed by atoms with Crippen molar-refractivity contribution in [2.24, 2.45) is 11.8 Å². The van der Waals surface area contributed by atoms with Crippen LogP contribution in [0.25, 0.3) is 0 Å². The zero-order valence-electron chi connectivity index (χ0n) is 15.7. The van der Waals surface area contributed by atoms with E-state index in [-0.39, 0.29) is 5.92 Å². The zero-order valence-corrected chi connectivity index (χ0v) is 15.7. The van der Waals surface area contributed by atoms with Gasteiger partial charge in [0.15, 0.2) is 0 Å². The fourth-order valence-electron chi connectivity index (χ4n) is 4.07. The third kappa shape index (κ3) is 4.94. The molecule has 0 saturated carbocycles. The van der Waals surface area contributed by atoms with Gasteiger partial charge in [0.25, 0.3) is 0 Å². The molecule has 0 N–H and O–H groups in total. The molecule has 0 radical (unpaired) electrons. The molecule has 2 fully saturated rings. The van der Waals surface area contributed by atoms with E-state index in [1.54, 1.807) is 0 Å². The van der Waals surface area contributed by atoms with Crippen LogP contribution in [0, 0.1) is 11.8 Å². The smallest absolute Gasteiger partial charge is 0.227 e. The molecule has 5 nitrogen and oxygen atoms in total. The van der Waals surface area contributed by atoms with E-state index in [0.29, 0.717) is 5.91 Å². The SMILES string of the molecule is CN(C)CCC1CCN(C(=O)[C@@H]2CCCN(c3ccccn3)C2)CC1. The molecule has 1 aromatic heterocycles. The summed E-state index contributed by atoms with van der Waals surface area (Å²) in [6.07, 6.45) is 7.51. The van der Waals surface area contributed by atoms with Crippen LogP contribution in [-0.4, -0.2) is 67.5 Å². The van der Waals surface area contributed by atoms with Crippen LogP contribution in [0.3, 0.4) is 0 Å². The van der Waals surface area contributed by atoms with Gasteiger partial charge in [-0.3, -0.25) is 4.79 Å². The molecule has 1 atom stereocenters. The van der Waals surface area contributed by atoms with Crippen molar-refractivity contribution in [1.29, 1.82) is 0 Å². The van der Waals surface area contributed by atoms with Gasteiger partial charge in [-0.05, 0) is 70.8 Å². The summed E-state index contributed by atoms with van der Waals surface area (Å²) in [6, 6.07) is 6.01. The van der Waals surface area contributed by atoms with Crippen molar-refractivity contribution in [3.05, 3.63) is 24.4 Å². The van der Waals surface area contributed by atoms with Gasteiger partial charge in [-0.15, -0.1) is 0 Å². The lowest BCUT2D eigenvalue weighted by Crippen LogP contribution is -2.47. The van der Waals surface area contributed by atoms with Gasteiger partial charge in [0.05, 0.1) is 5.92 Å². The van der Waals surface area contributed by atoms with Crippen molar-refractivity contribution in [1.82, 2.24) is 14.8 Å². The molecule has 1 aromatic rings. The van der Waals surface area contributed by atoms with E-state index < -0.39 is 0 Å². The predicted octanol–water partition coefficient (Wildman–Crippen LogP) is 2.49. The third-order valence-electron chi connectivity index (χ3n) is 5.65. The predicted molar refractivity (Wildman–Crippen MR) is 102 cm³/mol. The van der Waals surface area contributed by atoms with Crippen LogP contribution in [0.2, 0.25) is 0 Å². The van der Waals surface area contributed by atoms with Crippen LogP contribution in [0.1, 0.15) is 32.1 Å². The molecule has 0 aromatic carbocycles. The quantitative estimate of drug-likeness (QED) is 0.823. The largest absolute Gasteiger partial charge is 0.356 e. The Bertz CT molecular complexity index is 540. The summed E-state index contributed by atoms with van der Waals surface area (Å²) in [5.74, 6) is 2.28. The molecule has 0 unspecified atom stereocenters. The standard InChI is InChI=1S/C20H32N4O/c1-22(2)13-8-17-9-14-23(15-10-17)20(25)18-6-5-12-24(16-18)19-7-3-4-11-21-19/h3-4,7,11,17-18H,5-6,8-10,12-16H2,1-2H3/t18-/m1/s1. The summed E-state index contributed by atoms with van der Waals surface area (Å²) in [6.45, 7) is 4.86. The minimum Gasteiger partial charge on any atom is -0.356 e. The number of pyridine rings is 1. The fraction of sp³-hybridized carbons (Fsp3) is 0.700. The van der Waals surface area contributed by atoms with Gasteiger partial charge < -0.3 is 14.7 Å². The average molecular weight is 345 g/mol. The first kappa shape index (κ1) is 18.2. The summed E-state index contributed by atoms with van der Waals surface area (Å²) < 4.78 is 0. The van der Waals surface area contributed by atoms with Gasteiger partial charge in [0, 0.05) is 32.4 Å². The maximum Gasteiger partial charge on any atom is 0.227 e. The molecule has 0 aliphatic carbocycles. The summed E-state index contributed by atoms with van der Waals surface area (Å²) in [5.41, 5.74) is 0. The Balaban J connectivity index is 1.50. The van der Waals surface area contributed by atoms with Crippen LogP contribution >= 0.6 is 0 Å². The summed E-state index contributed by atoms with van der Waals surface area (Å²) in [5, 5.41) is 0. The molecule has 3 heterocycles. The first-order valence-electron chi connectivity index (χ1n) is 9.73. The average Bonchev–Trinajstić information content (AvgIpc) is 2.67. The van der Waals surface area contributed by atoms with E-state index in [1.807, 2.05) is 24.4 Å². The molecular weight excluding hydrogens is 312 g/mol. The highest BCUT2D eigenvalue weighted by Crippen LogP contribution is 2.26. The first-order valence-corrected chi connectivity index (χ1v) is 9.73. The molecule has 1 amide bonds. The minimum atomic E-state index is 0.133. The van der Waals surface area contributed by atoms with Crippen LogP contribution in [0.15, 0.2) is 24.4 Å².